The van der Waals surface area contributed by atoms with Crippen molar-refractivity contribution < 1.29 is 5.11 Å². The molecule has 0 aliphatic carbocycles. The van der Waals surface area contributed by atoms with E-state index in [0.29, 0.717) is 0 Å². The molecule has 0 aliphatic heterocycles. The second-order valence-corrected chi connectivity index (χ2v) is 4.72. The molecule has 18 heavy (non-hydrogen) atoms. The van der Waals surface area contributed by atoms with Crippen LogP contribution >= 0.6 is 0 Å². The van der Waals surface area contributed by atoms with Crippen molar-refractivity contribution in [1.29, 1.82) is 0 Å². The van der Waals surface area contributed by atoms with Crippen LogP contribution in [0.15, 0.2) is 60.7 Å². The first kappa shape index (κ1) is 12.8. The number of aliphatic hydroxyl groups is 1. The molecule has 0 saturated heterocycles. The highest BCUT2D eigenvalue weighted by atomic mass is 16.3. The molecule has 0 atom stereocenters. The van der Waals surface area contributed by atoms with Crippen molar-refractivity contribution in [2.75, 3.05) is 6.61 Å². The lowest BCUT2D eigenvalue weighted by Crippen LogP contribution is -2.31. The van der Waals surface area contributed by atoms with Gasteiger partial charge in [0.15, 0.2) is 0 Å². The average Bonchev–Trinajstić information content (AvgIpc) is 2.47. The highest BCUT2D eigenvalue weighted by molar-refractivity contribution is 5.39. The van der Waals surface area contributed by atoms with Gasteiger partial charge >= 0.3 is 0 Å². The third kappa shape index (κ3) is 2.32. The van der Waals surface area contributed by atoms with Gasteiger partial charge in [0.25, 0.3) is 0 Å². The van der Waals surface area contributed by atoms with Gasteiger partial charge in [0.2, 0.25) is 0 Å². The summed E-state index contributed by atoms with van der Waals surface area (Å²) in [6.45, 7) is 2.31. The molecular formula is C17H20O. The molecule has 2 rings (SSSR count). The van der Waals surface area contributed by atoms with Crippen molar-refractivity contribution in [2.24, 2.45) is 0 Å². The van der Waals surface area contributed by atoms with E-state index in [0.717, 1.165) is 12.8 Å². The van der Waals surface area contributed by atoms with Gasteiger partial charge in [-0.15, -0.1) is 0 Å². The van der Waals surface area contributed by atoms with E-state index in [1.54, 1.807) is 0 Å². The highest BCUT2D eigenvalue weighted by Crippen LogP contribution is 2.36. The van der Waals surface area contributed by atoms with Crippen molar-refractivity contribution in [3.05, 3.63) is 71.8 Å². The van der Waals surface area contributed by atoms with Crippen LogP contribution in [0.3, 0.4) is 0 Å². The van der Waals surface area contributed by atoms with E-state index >= 15 is 0 Å². The standard InChI is InChI=1S/C17H20O/c1-2-13-17(14-18,15-9-5-3-6-10-15)16-11-7-4-8-12-16/h3-12,18H,2,13-14H2,1H3. The maximum atomic E-state index is 10.0. The molecule has 0 aliphatic rings. The van der Waals surface area contributed by atoms with Crippen LogP contribution in [0.2, 0.25) is 0 Å². The first-order valence-corrected chi connectivity index (χ1v) is 6.55. The normalized spacial score (nSPS) is 11.4. The molecule has 0 heterocycles. The van der Waals surface area contributed by atoms with Gasteiger partial charge in [-0.25, -0.2) is 0 Å². The van der Waals surface area contributed by atoms with Gasteiger partial charge in [0.05, 0.1) is 6.61 Å². The van der Waals surface area contributed by atoms with Crippen LogP contribution in [0.5, 0.6) is 0 Å². The Morgan fingerprint density at radius 2 is 1.28 bits per heavy atom. The van der Waals surface area contributed by atoms with E-state index in [4.69, 9.17) is 0 Å². The summed E-state index contributed by atoms with van der Waals surface area (Å²) in [5.41, 5.74) is 2.12. The summed E-state index contributed by atoms with van der Waals surface area (Å²) in [4.78, 5) is 0. The zero-order chi connectivity index (χ0) is 12.8. The zero-order valence-corrected chi connectivity index (χ0v) is 10.8. The van der Waals surface area contributed by atoms with Gasteiger partial charge in [0.1, 0.15) is 0 Å². The van der Waals surface area contributed by atoms with Gasteiger partial charge in [-0.2, -0.15) is 0 Å². The summed E-state index contributed by atoms with van der Waals surface area (Å²) in [6, 6.07) is 20.6. The zero-order valence-electron chi connectivity index (χ0n) is 10.8. The number of hydrogen-bond donors (Lipinski definition) is 1. The molecule has 0 saturated carbocycles. The predicted octanol–water partition coefficient (Wildman–Crippen LogP) is 3.77. The lowest BCUT2D eigenvalue weighted by molar-refractivity contribution is 0.210. The number of benzene rings is 2. The fourth-order valence-corrected chi connectivity index (χ4v) is 2.66. The van der Waals surface area contributed by atoms with Crippen molar-refractivity contribution in [2.45, 2.75) is 25.2 Å². The summed E-state index contributed by atoms with van der Waals surface area (Å²) in [7, 11) is 0. The van der Waals surface area contributed by atoms with Crippen molar-refractivity contribution >= 4 is 0 Å². The largest absolute Gasteiger partial charge is 0.395 e. The monoisotopic (exact) mass is 240 g/mol. The molecule has 1 heteroatoms. The highest BCUT2D eigenvalue weighted by Gasteiger charge is 2.32. The lowest BCUT2D eigenvalue weighted by Gasteiger charge is -2.33. The molecule has 0 spiro atoms. The second-order valence-electron chi connectivity index (χ2n) is 4.72. The third-order valence-corrected chi connectivity index (χ3v) is 3.60. The van der Waals surface area contributed by atoms with E-state index in [1.165, 1.54) is 11.1 Å². The van der Waals surface area contributed by atoms with Gasteiger partial charge in [-0.1, -0.05) is 74.0 Å². The predicted molar refractivity (Wildman–Crippen MR) is 75.7 cm³/mol. The molecule has 0 amide bonds. The fourth-order valence-electron chi connectivity index (χ4n) is 2.66. The number of rotatable bonds is 5. The molecule has 0 radical (unpaired) electrons. The third-order valence-electron chi connectivity index (χ3n) is 3.60. The summed E-state index contributed by atoms with van der Waals surface area (Å²) >= 11 is 0. The van der Waals surface area contributed by atoms with Crippen LogP contribution in [0.25, 0.3) is 0 Å². The molecule has 94 valence electrons. The van der Waals surface area contributed by atoms with Crippen LogP contribution in [0.4, 0.5) is 0 Å². The topological polar surface area (TPSA) is 20.2 Å². The smallest absolute Gasteiger partial charge is 0.0568 e. The van der Waals surface area contributed by atoms with E-state index in [2.05, 4.69) is 31.2 Å². The molecule has 2 aromatic rings. The Morgan fingerprint density at radius 1 is 0.833 bits per heavy atom. The Kier molecular flexibility index (Phi) is 4.16. The van der Waals surface area contributed by atoms with Crippen LogP contribution in [0, 0.1) is 0 Å². The van der Waals surface area contributed by atoms with Crippen molar-refractivity contribution in [3.63, 3.8) is 0 Å². The summed E-state index contributed by atoms with van der Waals surface area (Å²) in [6.07, 6.45) is 2.00. The maximum Gasteiger partial charge on any atom is 0.0568 e. The molecular weight excluding hydrogens is 220 g/mol. The Morgan fingerprint density at radius 3 is 1.61 bits per heavy atom. The minimum absolute atomic E-state index is 0.148. The molecule has 0 unspecified atom stereocenters. The van der Waals surface area contributed by atoms with Gasteiger partial charge < -0.3 is 5.11 Å². The molecule has 1 nitrogen and oxygen atoms in total. The lowest BCUT2D eigenvalue weighted by atomic mass is 9.72. The molecule has 0 aromatic heterocycles. The Hall–Kier alpha value is -1.60. The van der Waals surface area contributed by atoms with Gasteiger partial charge in [-0.3, -0.25) is 0 Å². The Labute approximate surface area is 109 Å². The van der Waals surface area contributed by atoms with Crippen LogP contribution < -0.4 is 0 Å². The molecule has 0 bridgehead atoms. The van der Waals surface area contributed by atoms with Crippen molar-refractivity contribution in [3.8, 4) is 0 Å². The summed E-state index contributed by atoms with van der Waals surface area (Å²) < 4.78 is 0. The first-order chi connectivity index (χ1) is 8.83. The van der Waals surface area contributed by atoms with Crippen LogP contribution in [-0.2, 0) is 5.41 Å². The number of hydrogen-bond acceptors (Lipinski definition) is 1. The molecule has 1 N–H and O–H groups in total. The van der Waals surface area contributed by atoms with E-state index in [-0.39, 0.29) is 12.0 Å². The van der Waals surface area contributed by atoms with Gasteiger partial charge in [0, 0.05) is 5.41 Å². The minimum atomic E-state index is -0.267. The fraction of sp³-hybridized carbons (Fsp3) is 0.294. The van der Waals surface area contributed by atoms with Crippen molar-refractivity contribution in [1.82, 2.24) is 0 Å². The molecule has 2 aromatic carbocycles. The summed E-state index contributed by atoms with van der Waals surface area (Å²) in [5, 5.41) is 10.0. The first-order valence-electron chi connectivity index (χ1n) is 6.55. The summed E-state index contributed by atoms with van der Waals surface area (Å²) in [5.74, 6) is 0. The van der Waals surface area contributed by atoms with Crippen LogP contribution in [-0.4, -0.2) is 11.7 Å². The quantitative estimate of drug-likeness (QED) is 0.843. The Bertz CT molecular complexity index is 422. The maximum absolute atomic E-state index is 10.0. The Balaban J connectivity index is 2.53. The van der Waals surface area contributed by atoms with E-state index in [9.17, 15) is 5.11 Å². The second kappa shape index (κ2) is 5.83. The van der Waals surface area contributed by atoms with E-state index in [1.807, 2.05) is 36.4 Å². The molecule has 0 fully saturated rings. The van der Waals surface area contributed by atoms with Crippen LogP contribution in [0.1, 0.15) is 30.9 Å². The minimum Gasteiger partial charge on any atom is -0.395 e. The number of aliphatic hydroxyl groups excluding tert-OH is 1. The van der Waals surface area contributed by atoms with Gasteiger partial charge in [-0.05, 0) is 17.5 Å². The average molecular weight is 240 g/mol. The SMILES string of the molecule is CCCC(CO)(c1ccccc1)c1ccccc1. The van der Waals surface area contributed by atoms with E-state index < -0.39 is 0 Å².